The molecule has 1 unspecified atom stereocenters. The van der Waals surface area contributed by atoms with Crippen LogP contribution in [0.2, 0.25) is 0 Å². The lowest BCUT2D eigenvalue weighted by molar-refractivity contribution is -0.152. The van der Waals surface area contributed by atoms with Crippen LogP contribution in [0.5, 0.6) is 0 Å². The Morgan fingerprint density at radius 2 is 1.88 bits per heavy atom. The van der Waals surface area contributed by atoms with Crippen LogP contribution in [0.3, 0.4) is 0 Å². The number of fused-ring (bicyclic) bond motifs is 1. The maximum Gasteiger partial charge on any atom is 0.309 e. The molecule has 9 nitrogen and oxygen atoms in total. The van der Waals surface area contributed by atoms with Gasteiger partial charge in [0.05, 0.1) is 23.7 Å². The fraction of sp³-hybridized carbons (Fsp3) is 0.522. The van der Waals surface area contributed by atoms with Crippen molar-refractivity contribution < 1.29 is 28.7 Å². The fourth-order valence-corrected chi connectivity index (χ4v) is 4.42. The highest BCUT2D eigenvalue weighted by atomic mass is 16.5. The third-order valence-corrected chi connectivity index (χ3v) is 6.57. The Hall–Kier alpha value is -3.23. The molecule has 1 N–H and O–H groups in total. The quantitative estimate of drug-likeness (QED) is 0.389. The number of carbonyl (C=O) groups is 5. The van der Waals surface area contributed by atoms with Crippen LogP contribution in [0, 0.1) is 5.92 Å². The molecule has 2 aliphatic heterocycles. The molecule has 1 aromatic rings. The molecule has 32 heavy (non-hydrogen) atoms. The van der Waals surface area contributed by atoms with Gasteiger partial charge in [0.25, 0.3) is 11.8 Å². The van der Waals surface area contributed by atoms with Gasteiger partial charge in [-0.15, -0.1) is 0 Å². The molecule has 0 bridgehead atoms. The molecule has 2 fully saturated rings. The molecule has 4 amide bonds. The monoisotopic (exact) mass is 441 g/mol. The molecular formula is C23H27N3O6. The molecule has 170 valence electrons. The van der Waals surface area contributed by atoms with E-state index >= 15 is 0 Å². The van der Waals surface area contributed by atoms with Crippen molar-refractivity contribution >= 4 is 35.3 Å². The number of rotatable bonds is 7. The Labute approximate surface area is 186 Å². The van der Waals surface area contributed by atoms with E-state index < -0.39 is 29.7 Å². The summed E-state index contributed by atoms with van der Waals surface area (Å²) < 4.78 is 5.29. The van der Waals surface area contributed by atoms with E-state index in [4.69, 9.17) is 4.74 Å². The summed E-state index contributed by atoms with van der Waals surface area (Å²) in [7, 11) is 1.89. The predicted octanol–water partition coefficient (Wildman–Crippen LogP) is 1.65. The summed E-state index contributed by atoms with van der Waals surface area (Å²) in [5, 5.41) is 2.19. The molecular weight excluding hydrogens is 414 g/mol. The SMILES string of the molecule is CCCCOC(=O)[C@H]1C[C@H](N(C)c2ccc3c(c2)C(=O)N(C2CCC(=O)NC2=O)C3=O)C1. The largest absolute Gasteiger partial charge is 0.465 e. The molecule has 0 spiro atoms. The average molecular weight is 441 g/mol. The van der Waals surface area contributed by atoms with Crippen LogP contribution in [0.4, 0.5) is 5.69 Å². The zero-order chi connectivity index (χ0) is 23.0. The highest BCUT2D eigenvalue weighted by molar-refractivity contribution is 6.23. The minimum atomic E-state index is -0.979. The van der Waals surface area contributed by atoms with Crippen LogP contribution < -0.4 is 10.2 Å². The predicted molar refractivity (Wildman–Crippen MR) is 114 cm³/mol. The number of unbranched alkanes of at least 4 members (excludes halogenated alkanes) is 1. The van der Waals surface area contributed by atoms with Crippen LogP contribution in [0.15, 0.2) is 18.2 Å². The number of hydrogen-bond donors (Lipinski definition) is 1. The first-order valence-electron chi connectivity index (χ1n) is 11.1. The molecule has 0 radical (unpaired) electrons. The van der Waals surface area contributed by atoms with Gasteiger partial charge >= 0.3 is 5.97 Å². The third-order valence-electron chi connectivity index (χ3n) is 6.57. The maximum atomic E-state index is 13.0. The number of imide groups is 2. The van der Waals surface area contributed by atoms with Gasteiger partial charge in [-0.25, -0.2) is 0 Å². The summed E-state index contributed by atoms with van der Waals surface area (Å²) >= 11 is 0. The van der Waals surface area contributed by atoms with Crippen molar-refractivity contribution in [1.82, 2.24) is 10.2 Å². The molecule has 2 heterocycles. The summed E-state index contributed by atoms with van der Waals surface area (Å²) in [5.74, 6) is -2.34. The van der Waals surface area contributed by atoms with Gasteiger partial charge in [0.15, 0.2) is 0 Å². The first-order valence-corrected chi connectivity index (χ1v) is 11.1. The smallest absolute Gasteiger partial charge is 0.309 e. The van der Waals surface area contributed by atoms with Crippen LogP contribution >= 0.6 is 0 Å². The van der Waals surface area contributed by atoms with Crippen molar-refractivity contribution in [3.05, 3.63) is 29.3 Å². The minimum Gasteiger partial charge on any atom is -0.465 e. The summed E-state index contributed by atoms with van der Waals surface area (Å²) in [6.07, 6.45) is 3.40. The number of piperidine rings is 1. The van der Waals surface area contributed by atoms with Crippen molar-refractivity contribution in [3.63, 3.8) is 0 Å². The molecule has 1 aliphatic carbocycles. The van der Waals surface area contributed by atoms with Gasteiger partial charge in [-0.05, 0) is 43.9 Å². The topological polar surface area (TPSA) is 113 Å². The minimum absolute atomic E-state index is 0.0848. The van der Waals surface area contributed by atoms with E-state index in [9.17, 15) is 24.0 Å². The Bertz CT molecular complexity index is 984. The highest BCUT2D eigenvalue weighted by Crippen LogP contribution is 2.36. The van der Waals surface area contributed by atoms with Crippen molar-refractivity contribution in [1.29, 1.82) is 0 Å². The second-order valence-corrected chi connectivity index (χ2v) is 8.63. The number of anilines is 1. The maximum absolute atomic E-state index is 13.0. The molecule has 4 rings (SSSR count). The zero-order valence-electron chi connectivity index (χ0n) is 18.3. The number of nitrogens with one attached hydrogen (secondary N) is 1. The van der Waals surface area contributed by atoms with Crippen molar-refractivity contribution in [2.24, 2.45) is 5.92 Å². The third kappa shape index (κ3) is 3.87. The van der Waals surface area contributed by atoms with E-state index in [1.54, 1.807) is 18.2 Å². The van der Waals surface area contributed by atoms with Gasteiger partial charge in [0.2, 0.25) is 11.8 Å². The zero-order valence-corrected chi connectivity index (χ0v) is 18.3. The van der Waals surface area contributed by atoms with E-state index in [2.05, 4.69) is 5.32 Å². The van der Waals surface area contributed by atoms with Gasteiger partial charge in [-0.3, -0.25) is 34.2 Å². The van der Waals surface area contributed by atoms with E-state index in [1.807, 2.05) is 18.9 Å². The Morgan fingerprint density at radius 3 is 2.56 bits per heavy atom. The van der Waals surface area contributed by atoms with Crippen molar-refractivity contribution in [3.8, 4) is 0 Å². The molecule has 1 saturated heterocycles. The number of ether oxygens (including phenoxy) is 1. The fourth-order valence-electron chi connectivity index (χ4n) is 4.42. The number of benzene rings is 1. The molecule has 9 heteroatoms. The number of esters is 1. The second kappa shape index (κ2) is 8.72. The standard InChI is InChI=1S/C23H27N3O6/c1-3-4-9-32-23(31)13-10-15(11-13)25(2)14-5-6-16-17(12-14)22(30)26(21(16)29)18-7-8-19(27)24-20(18)28/h5-6,12-13,15,18H,3-4,7-11H2,1-2H3,(H,24,27,28)/t13-,15-,18?. The van der Waals surface area contributed by atoms with E-state index in [0.717, 1.165) is 23.4 Å². The average Bonchev–Trinajstić information content (AvgIpc) is 2.97. The van der Waals surface area contributed by atoms with Gasteiger partial charge in [0, 0.05) is 25.2 Å². The summed E-state index contributed by atoms with van der Waals surface area (Å²) in [5.41, 5.74) is 1.26. The number of hydrogen-bond acceptors (Lipinski definition) is 7. The lowest BCUT2D eigenvalue weighted by Crippen LogP contribution is -2.54. The molecule has 1 aromatic carbocycles. The summed E-state index contributed by atoms with van der Waals surface area (Å²) in [6, 6.07) is 4.18. The van der Waals surface area contributed by atoms with Gasteiger partial charge in [0.1, 0.15) is 6.04 Å². The van der Waals surface area contributed by atoms with E-state index in [1.165, 1.54) is 0 Å². The Morgan fingerprint density at radius 1 is 1.16 bits per heavy atom. The normalized spacial score (nSPS) is 24.7. The summed E-state index contributed by atoms with van der Waals surface area (Å²) in [4.78, 5) is 64.5. The number of amides is 4. The van der Waals surface area contributed by atoms with Crippen molar-refractivity contribution in [2.45, 2.75) is 57.5 Å². The van der Waals surface area contributed by atoms with Crippen LogP contribution in [-0.2, 0) is 19.1 Å². The first-order chi connectivity index (χ1) is 15.3. The number of nitrogens with zero attached hydrogens (tertiary/aromatic N) is 2. The first kappa shape index (κ1) is 22.0. The van der Waals surface area contributed by atoms with Crippen LogP contribution in [0.1, 0.15) is 66.2 Å². The van der Waals surface area contributed by atoms with E-state index in [-0.39, 0.29) is 41.9 Å². The Kier molecular flexibility index (Phi) is 5.99. The lowest BCUT2D eigenvalue weighted by atomic mass is 9.79. The van der Waals surface area contributed by atoms with Gasteiger partial charge in [-0.2, -0.15) is 0 Å². The molecule has 1 atom stereocenters. The summed E-state index contributed by atoms with van der Waals surface area (Å²) in [6.45, 7) is 2.50. The van der Waals surface area contributed by atoms with Gasteiger partial charge in [-0.1, -0.05) is 13.3 Å². The van der Waals surface area contributed by atoms with Crippen molar-refractivity contribution in [2.75, 3.05) is 18.6 Å². The Balaban J connectivity index is 1.42. The number of carbonyl (C=O) groups excluding carboxylic acids is 5. The van der Waals surface area contributed by atoms with E-state index in [0.29, 0.717) is 19.4 Å². The molecule has 0 aromatic heterocycles. The highest BCUT2D eigenvalue weighted by Gasteiger charge is 2.45. The lowest BCUT2D eigenvalue weighted by Gasteiger charge is -2.41. The van der Waals surface area contributed by atoms with Crippen LogP contribution in [0.25, 0.3) is 0 Å². The molecule has 3 aliphatic rings. The molecule has 1 saturated carbocycles. The van der Waals surface area contributed by atoms with Crippen LogP contribution in [-0.4, -0.2) is 60.2 Å². The van der Waals surface area contributed by atoms with Gasteiger partial charge < -0.3 is 9.64 Å². The second-order valence-electron chi connectivity index (χ2n) is 8.63.